The van der Waals surface area contributed by atoms with Crippen molar-refractivity contribution in [1.82, 2.24) is 9.13 Å². The third-order valence-electron chi connectivity index (χ3n) is 2.72. The summed E-state index contributed by atoms with van der Waals surface area (Å²) in [4.78, 5) is 35.1. The molecule has 0 spiro atoms. The molecule has 0 atom stereocenters. The summed E-state index contributed by atoms with van der Waals surface area (Å²) in [5.74, 6) is -0.298. The Morgan fingerprint density at radius 1 is 1.33 bits per heavy atom. The maximum Gasteiger partial charge on any atom is 0.331 e. The zero-order valence-electron chi connectivity index (χ0n) is 10.0. The monoisotopic (exact) mass is 248 g/mol. The van der Waals surface area contributed by atoms with Gasteiger partial charge in [-0.05, 0) is 19.1 Å². The molecule has 94 valence electrons. The number of fused-ring (bicyclic) bond motifs is 1. The molecule has 6 heteroatoms. The predicted octanol–water partition coefficient (Wildman–Crippen LogP) is -0.00520. The SMILES string of the molecule is CC(=O)Cn1c(=O)c2ccc(O)cc2n(C)c1=O. The van der Waals surface area contributed by atoms with Gasteiger partial charge in [0.15, 0.2) is 0 Å². The van der Waals surface area contributed by atoms with Crippen LogP contribution in [0.2, 0.25) is 0 Å². The average molecular weight is 248 g/mol. The lowest BCUT2D eigenvalue weighted by Gasteiger charge is -2.09. The first-order valence-corrected chi connectivity index (χ1v) is 5.34. The molecular formula is C12H12N2O4. The molecule has 1 aromatic heterocycles. The van der Waals surface area contributed by atoms with Gasteiger partial charge < -0.3 is 5.11 Å². The molecule has 0 saturated carbocycles. The van der Waals surface area contributed by atoms with Crippen LogP contribution < -0.4 is 11.2 Å². The molecule has 2 aromatic rings. The summed E-state index contributed by atoms with van der Waals surface area (Å²) in [7, 11) is 1.49. The van der Waals surface area contributed by atoms with E-state index in [-0.39, 0.29) is 23.5 Å². The number of carbonyl (C=O) groups excluding carboxylic acids is 1. The predicted molar refractivity (Wildman–Crippen MR) is 65.8 cm³/mol. The first-order chi connectivity index (χ1) is 8.41. The molecule has 18 heavy (non-hydrogen) atoms. The normalized spacial score (nSPS) is 10.8. The van der Waals surface area contributed by atoms with Gasteiger partial charge in [-0.15, -0.1) is 0 Å². The van der Waals surface area contributed by atoms with Crippen molar-refractivity contribution in [3.05, 3.63) is 39.0 Å². The van der Waals surface area contributed by atoms with E-state index < -0.39 is 11.2 Å². The van der Waals surface area contributed by atoms with Crippen molar-refractivity contribution < 1.29 is 9.90 Å². The number of aryl methyl sites for hydroxylation is 1. The molecule has 0 amide bonds. The van der Waals surface area contributed by atoms with Gasteiger partial charge >= 0.3 is 5.69 Å². The zero-order valence-corrected chi connectivity index (χ0v) is 10.0. The van der Waals surface area contributed by atoms with Crippen LogP contribution in [-0.2, 0) is 18.4 Å². The fourth-order valence-corrected chi connectivity index (χ4v) is 1.86. The lowest BCUT2D eigenvalue weighted by Crippen LogP contribution is -2.40. The van der Waals surface area contributed by atoms with Crippen molar-refractivity contribution in [1.29, 1.82) is 0 Å². The molecule has 0 bridgehead atoms. The Bertz CT molecular complexity index is 755. The molecule has 0 fully saturated rings. The number of carbonyl (C=O) groups is 1. The third kappa shape index (κ3) is 1.81. The number of nitrogens with zero attached hydrogens (tertiary/aromatic N) is 2. The lowest BCUT2D eigenvalue weighted by molar-refractivity contribution is -0.117. The van der Waals surface area contributed by atoms with E-state index >= 15 is 0 Å². The summed E-state index contributed by atoms with van der Waals surface area (Å²) in [6, 6.07) is 4.14. The second kappa shape index (κ2) is 4.14. The highest BCUT2D eigenvalue weighted by atomic mass is 16.3. The van der Waals surface area contributed by atoms with Crippen molar-refractivity contribution in [3.8, 4) is 5.75 Å². The smallest absolute Gasteiger partial charge is 0.331 e. The highest BCUT2D eigenvalue weighted by molar-refractivity contribution is 5.80. The Morgan fingerprint density at radius 2 is 2.00 bits per heavy atom. The number of rotatable bonds is 2. The van der Waals surface area contributed by atoms with Crippen LogP contribution in [0.4, 0.5) is 0 Å². The second-order valence-corrected chi connectivity index (χ2v) is 4.14. The molecule has 0 aliphatic carbocycles. The van der Waals surface area contributed by atoms with Gasteiger partial charge in [0.2, 0.25) is 0 Å². The number of phenolic OH excluding ortho intramolecular Hbond substituents is 1. The number of phenols is 1. The Labute approximate surface area is 102 Å². The summed E-state index contributed by atoms with van der Waals surface area (Å²) >= 11 is 0. The van der Waals surface area contributed by atoms with Crippen molar-refractivity contribution in [2.45, 2.75) is 13.5 Å². The second-order valence-electron chi connectivity index (χ2n) is 4.14. The summed E-state index contributed by atoms with van der Waals surface area (Å²) in [5.41, 5.74) is -0.763. The maximum atomic E-state index is 12.1. The van der Waals surface area contributed by atoms with Gasteiger partial charge in [-0.3, -0.25) is 18.7 Å². The van der Waals surface area contributed by atoms with Crippen molar-refractivity contribution in [2.24, 2.45) is 7.05 Å². The molecule has 0 saturated heterocycles. The summed E-state index contributed by atoms with van der Waals surface area (Å²) in [6.45, 7) is 1.06. The molecule has 6 nitrogen and oxygen atoms in total. The van der Waals surface area contributed by atoms with E-state index in [2.05, 4.69) is 0 Å². The maximum absolute atomic E-state index is 12.1. The van der Waals surface area contributed by atoms with Gasteiger partial charge in [-0.25, -0.2) is 4.79 Å². The summed E-state index contributed by atoms with van der Waals surface area (Å²) in [6.07, 6.45) is 0. The van der Waals surface area contributed by atoms with Gasteiger partial charge in [0.25, 0.3) is 5.56 Å². The molecular weight excluding hydrogens is 236 g/mol. The van der Waals surface area contributed by atoms with Gasteiger partial charge in [-0.2, -0.15) is 0 Å². The molecule has 0 unspecified atom stereocenters. The van der Waals surface area contributed by atoms with E-state index in [0.29, 0.717) is 5.52 Å². The van der Waals surface area contributed by atoms with E-state index in [1.54, 1.807) is 0 Å². The van der Waals surface area contributed by atoms with Gasteiger partial charge in [0, 0.05) is 13.1 Å². The minimum atomic E-state index is -0.576. The largest absolute Gasteiger partial charge is 0.508 e. The van der Waals surface area contributed by atoms with Crippen LogP contribution in [0.5, 0.6) is 5.75 Å². The highest BCUT2D eigenvalue weighted by Crippen LogP contribution is 2.15. The number of aromatic nitrogens is 2. The molecule has 2 rings (SSSR count). The fraction of sp³-hybridized carbons (Fsp3) is 0.250. The third-order valence-corrected chi connectivity index (χ3v) is 2.72. The molecule has 1 N–H and O–H groups in total. The Hall–Kier alpha value is -2.37. The number of hydrogen-bond donors (Lipinski definition) is 1. The van der Waals surface area contributed by atoms with Crippen LogP contribution in [0.3, 0.4) is 0 Å². The Balaban J connectivity index is 2.92. The van der Waals surface area contributed by atoms with Crippen LogP contribution in [-0.4, -0.2) is 20.0 Å². The van der Waals surface area contributed by atoms with E-state index in [1.807, 2.05) is 0 Å². The van der Waals surface area contributed by atoms with Crippen LogP contribution in [0.1, 0.15) is 6.92 Å². The molecule has 0 aliphatic heterocycles. The fourth-order valence-electron chi connectivity index (χ4n) is 1.86. The Kier molecular flexibility index (Phi) is 2.78. The number of hydrogen-bond acceptors (Lipinski definition) is 4. The quantitative estimate of drug-likeness (QED) is 0.810. The first-order valence-electron chi connectivity index (χ1n) is 5.34. The van der Waals surface area contributed by atoms with Crippen LogP contribution in [0, 0.1) is 0 Å². The Morgan fingerprint density at radius 3 is 2.61 bits per heavy atom. The standard InChI is InChI=1S/C12H12N2O4/c1-7(15)6-14-11(17)9-4-3-8(16)5-10(9)13(2)12(14)18/h3-5,16H,6H2,1-2H3. The minimum Gasteiger partial charge on any atom is -0.508 e. The number of benzene rings is 1. The van der Waals surface area contributed by atoms with Crippen molar-refractivity contribution >= 4 is 16.7 Å². The van der Waals surface area contributed by atoms with E-state index in [1.165, 1.54) is 36.7 Å². The van der Waals surface area contributed by atoms with Gasteiger partial charge in [-0.1, -0.05) is 0 Å². The van der Waals surface area contributed by atoms with E-state index in [4.69, 9.17) is 0 Å². The summed E-state index contributed by atoms with van der Waals surface area (Å²) < 4.78 is 2.13. The van der Waals surface area contributed by atoms with Crippen LogP contribution in [0.15, 0.2) is 27.8 Å². The van der Waals surface area contributed by atoms with E-state index in [9.17, 15) is 19.5 Å². The van der Waals surface area contributed by atoms with Crippen LogP contribution >= 0.6 is 0 Å². The highest BCUT2D eigenvalue weighted by Gasteiger charge is 2.12. The average Bonchev–Trinajstić information content (AvgIpc) is 2.31. The van der Waals surface area contributed by atoms with Crippen LogP contribution in [0.25, 0.3) is 10.9 Å². The number of ketones is 1. The van der Waals surface area contributed by atoms with E-state index in [0.717, 1.165) is 4.57 Å². The van der Waals surface area contributed by atoms with Crippen molar-refractivity contribution in [3.63, 3.8) is 0 Å². The minimum absolute atomic E-state index is 0.0267. The number of Topliss-reactive ketones (excluding diaryl/α,β-unsaturated/α-hetero) is 1. The topological polar surface area (TPSA) is 81.3 Å². The van der Waals surface area contributed by atoms with Gasteiger partial charge in [0.1, 0.15) is 11.5 Å². The van der Waals surface area contributed by atoms with Gasteiger partial charge in [0.05, 0.1) is 17.4 Å². The molecule has 0 aliphatic rings. The number of aromatic hydroxyl groups is 1. The zero-order chi connectivity index (χ0) is 13.4. The first kappa shape index (κ1) is 12.1. The molecule has 1 heterocycles. The van der Waals surface area contributed by atoms with Crippen molar-refractivity contribution in [2.75, 3.05) is 0 Å². The molecule has 1 aromatic carbocycles. The molecule has 0 radical (unpaired) electrons. The lowest BCUT2D eigenvalue weighted by atomic mass is 10.2. The summed E-state index contributed by atoms with van der Waals surface area (Å²) in [5, 5.41) is 9.66.